The minimum Gasteiger partial charge on any atom is -0.479 e. The van der Waals surface area contributed by atoms with E-state index in [9.17, 15) is 9.18 Å². The number of hydrogen-bond acceptors (Lipinski definition) is 4. The molecule has 0 saturated carbocycles. The first-order valence-corrected chi connectivity index (χ1v) is 5.30. The number of carbonyl (C=O) groups is 1. The lowest BCUT2D eigenvalue weighted by Crippen LogP contribution is -2.10. The average Bonchev–Trinajstić information content (AvgIpc) is 2.41. The van der Waals surface area contributed by atoms with Crippen LogP contribution in [0.4, 0.5) is 4.39 Å². The van der Waals surface area contributed by atoms with Crippen LogP contribution in [0.3, 0.4) is 0 Å². The molecule has 5 heteroatoms. The highest BCUT2D eigenvalue weighted by Crippen LogP contribution is 2.19. The van der Waals surface area contributed by atoms with Crippen LogP contribution in [-0.4, -0.2) is 22.9 Å². The second-order valence-corrected chi connectivity index (χ2v) is 3.68. The van der Waals surface area contributed by atoms with Crippen molar-refractivity contribution in [3.05, 3.63) is 53.2 Å². The van der Waals surface area contributed by atoms with Crippen LogP contribution in [0.2, 0.25) is 0 Å². The number of methoxy groups -OCH3 is 1. The first kappa shape index (κ1) is 12.2. The highest BCUT2D eigenvalue weighted by Gasteiger charge is 2.20. The first-order chi connectivity index (χ1) is 8.65. The van der Waals surface area contributed by atoms with Crippen molar-refractivity contribution < 1.29 is 13.9 Å². The fourth-order valence-corrected chi connectivity index (χ4v) is 1.58. The van der Waals surface area contributed by atoms with E-state index in [0.29, 0.717) is 5.56 Å². The summed E-state index contributed by atoms with van der Waals surface area (Å²) in [5.41, 5.74) is 0.377. The summed E-state index contributed by atoms with van der Waals surface area (Å²) in [7, 11) is 1.38. The molecule has 92 valence electrons. The zero-order valence-electron chi connectivity index (χ0n) is 9.98. The fourth-order valence-electron chi connectivity index (χ4n) is 1.58. The van der Waals surface area contributed by atoms with E-state index in [1.165, 1.54) is 25.6 Å². The maximum atomic E-state index is 13.9. The van der Waals surface area contributed by atoms with Crippen molar-refractivity contribution in [2.75, 3.05) is 7.11 Å². The Hall–Kier alpha value is -2.30. The van der Waals surface area contributed by atoms with Crippen LogP contribution in [-0.2, 0) is 0 Å². The molecule has 0 atom stereocenters. The molecule has 0 unspecified atom stereocenters. The van der Waals surface area contributed by atoms with Crippen LogP contribution in [0.25, 0.3) is 0 Å². The Morgan fingerprint density at radius 2 is 2.00 bits per heavy atom. The molecule has 0 spiro atoms. The number of ketones is 1. The van der Waals surface area contributed by atoms with E-state index in [1.807, 2.05) is 0 Å². The largest absolute Gasteiger partial charge is 0.479 e. The van der Waals surface area contributed by atoms with Crippen LogP contribution < -0.4 is 4.74 Å². The summed E-state index contributed by atoms with van der Waals surface area (Å²) in [6, 6.07) is 4.63. The van der Waals surface area contributed by atoms with Crippen molar-refractivity contribution in [3.63, 3.8) is 0 Å². The summed E-state index contributed by atoms with van der Waals surface area (Å²) >= 11 is 0. The SMILES string of the molecule is COc1nccnc1C(=O)c1cccc(C)c1F. The molecule has 0 aliphatic heterocycles. The summed E-state index contributed by atoms with van der Waals surface area (Å²) in [4.78, 5) is 19.9. The summed E-state index contributed by atoms with van der Waals surface area (Å²) < 4.78 is 18.8. The molecule has 0 aliphatic carbocycles. The molecule has 2 aromatic rings. The highest BCUT2D eigenvalue weighted by atomic mass is 19.1. The van der Waals surface area contributed by atoms with Gasteiger partial charge >= 0.3 is 0 Å². The van der Waals surface area contributed by atoms with Crippen LogP contribution in [0, 0.1) is 12.7 Å². The second-order valence-electron chi connectivity index (χ2n) is 3.68. The molecule has 0 amide bonds. The number of aromatic nitrogens is 2. The molecular formula is C13H11FN2O2. The van der Waals surface area contributed by atoms with Gasteiger partial charge in [-0.2, -0.15) is 0 Å². The van der Waals surface area contributed by atoms with Gasteiger partial charge in [0.05, 0.1) is 12.7 Å². The van der Waals surface area contributed by atoms with Gasteiger partial charge in [0, 0.05) is 12.4 Å². The van der Waals surface area contributed by atoms with Crippen LogP contribution in [0.5, 0.6) is 5.88 Å². The number of ether oxygens (including phenoxy) is 1. The van der Waals surface area contributed by atoms with E-state index < -0.39 is 11.6 Å². The number of aryl methyl sites for hydroxylation is 1. The van der Waals surface area contributed by atoms with E-state index >= 15 is 0 Å². The molecule has 0 bridgehead atoms. The van der Waals surface area contributed by atoms with E-state index in [4.69, 9.17) is 4.74 Å². The molecule has 18 heavy (non-hydrogen) atoms. The molecule has 1 aromatic heterocycles. The number of halogens is 1. The van der Waals surface area contributed by atoms with Gasteiger partial charge in [0.25, 0.3) is 0 Å². The normalized spacial score (nSPS) is 10.2. The molecule has 0 radical (unpaired) electrons. The monoisotopic (exact) mass is 246 g/mol. The van der Waals surface area contributed by atoms with Gasteiger partial charge in [-0.3, -0.25) is 4.79 Å². The number of nitrogens with zero attached hydrogens (tertiary/aromatic N) is 2. The third-order valence-electron chi connectivity index (χ3n) is 2.51. The Morgan fingerprint density at radius 3 is 2.72 bits per heavy atom. The van der Waals surface area contributed by atoms with Crippen LogP contribution in [0.1, 0.15) is 21.6 Å². The zero-order chi connectivity index (χ0) is 13.1. The van der Waals surface area contributed by atoms with Gasteiger partial charge < -0.3 is 4.74 Å². The van der Waals surface area contributed by atoms with E-state index in [2.05, 4.69) is 9.97 Å². The lowest BCUT2D eigenvalue weighted by atomic mass is 10.0. The number of hydrogen-bond donors (Lipinski definition) is 0. The summed E-state index contributed by atoms with van der Waals surface area (Å²) in [6.45, 7) is 1.60. The number of carbonyl (C=O) groups excluding carboxylic acids is 1. The van der Waals surface area contributed by atoms with Crippen molar-refractivity contribution in [1.82, 2.24) is 9.97 Å². The molecule has 0 N–H and O–H groups in total. The fraction of sp³-hybridized carbons (Fsp3) is 0.154. The molecule has 0 saturated heterocycles. The predicted octanol–water partition coefficient (Wildman–Crippen LogP) is 2.16. The number of benzene rings is 1. The van der Waals surface area contributed by atoms with Gasteiger partial charge in [-0.1, -0.05) is 12.1 Å². The third kappa shape index (κ3) is 2.07. The quantitative estimate of drug-likeness (QED) is 0.779. The van der Waals surface area contributed by atoms with Gasteiger partial charge in [0.1, 0.15) is 5.82 Å². The van der Waals surface area contributed by atoms with Gasteiger partial charge in [0.15, 0.2) is 5.69 Å². The summed E-state index contributed by atoms with van der Waals surface area (Å²) in [5, 5.41) is 0. The first-order valence-electron chi connectivity index (χ1n) is 5.30. The topological polar surface area (TPSA) is 52.1 Å². The van der Waals surface area contributed by atoms with Crippen LogP contribution >= 0.6 is 0 Å². The Morgan fingerprint density at radius 1 is 1.28 bits per heavy atom. The van der Waals surface area contributed by atoms with Crippen molar-refractivity contribution >= 4 is 5.78 Å². The van der Waals surface area contributed by atoms with E-state index in [1.54, 1.807) is 19.1 Å². The van der Waals surface area contributed by atoms with E-state index in [-0.39, 0.29) is 17.1 Å². The van der Waals surface area contributed by atoms with Crippen molar-refractivity contribution in [2.45, 2.75) is 6.92 Å². The maximum Gasteiger partial charge on any atom is 0.243 e. The van der Waals surface area contributed by atoms with Crippen LogP contribution in [0.15, 0.2) is 30.6 Å². The van der Waals surface area contributed by atoms with Gasteiger partial charge in [-0.15, -0.1) is 0 Å². The van der Waals surface area contributed by atoms with Crippen molar-refractivity contribution in [1.29, 1.82) is 0 Å². The third-order valence-corrected chi connectivity index (χ3v) is 2.51. The lowest BCUT2D eigenvalue weighted by Gasteiger charge is -2.06. The Balaban J connectivity index is 2.52. The Bertz CT molecular complexity index is 599. The Labute approximate surface area is 103 Å². The number of rotatable bonds is 3. The van der Waals surface area contributed by atoms with Crippen molar-refractivity contribution in [2.24, 2.45) is 0 Å². The molecule has 2 rings (SSSR count). The zero-order valence-corrected chi connectivity index (χ0v) is 9.98. The average molecular weight is 246 g/mol. The smallest absolute Gasteiger partial charge is 0.243 e. The molecule has 0 aliphatic rings. The molecule has 0 fully saturated rings. The molecule has 1 heterocycles. The minimum absolute atomic E-state index is 0.00417. The highest BCUT2D eigenvalue weighted by molar-refractivity contribution is 6.09. The summed E-state index contributed by atoms with van der Waals surface area (Å²) in [6.07, 6.45) is 2.77. The van der Waals surface area contributed by atoms with Gasteiger partial charge in [0.2, 0.25) is 11.7 Å². The molecular weight excluding hydrogens is 235 g/mol. The van der Waals surface area contributed by atoms with Crippen molar-refractivity contribution in [3.8, 4) is 5.88 Å². The van der Waals surface area contributed by atoms with E-state index in [0.717, 1.165) is 0 Å². The minimum atomic E-state index is -0.546. The predicted molar refractivity (Wildman–Crippen MR) is 63.2 cm³/mol. The maximum absolute atomic E-state index is 13.9. The second kappa shape index (κ2) is 4.91. The standard InChI is InChI=1S/C13H11FN2O2/c1-8-4-3-5-9(10(8)14)12(17)11-13(18-2)16-7-6-15-11/h3-7H,1-2H3. The summed E-state index contributed by atoms with van der Waals surface area (Å²) in [5.74, 6) is -1.00. The van der Waals surface area contributed by atoms with Gasteiger partial charge in [-0.05, 0) is 18.6 Å². The lowest BCUT2D eigenvalue weighted by molar-refractivity contribution is 0.102. The molecule has 4 nitrogen and oxygen atoms in total. The van der Waals surface area contributed by atoms with Gasteiger partial charge in [-0.25, -0.2) is 14.4 Å². The molecule has 1 aromatic carbocycles. The Kier molecular flexibility index (Phi) is 3.32.